The van der Waals surface area contributed by atoms with Crippen LogP contribution in [0, 0.1) is 0 Å². The molecule has 0 aliphatic heterocycles. The zero-order valence-corrected chi connectivity index (χ0v) is 9.02. The highest BCUT2D eigenvalue weighted by Crippen LogP contribution is 2.10. The number of carbonyl (C=O) groups is 2. The van der Waals surface area contributed by atoms with Crippen LogP contribution < -0.4 is 11.5 Å². The molecule has 1 aromatic heterocycles. The number of rotatable bonds is 3. The Bertz CT molecular complexity index is 337. The van der Waals surface area contributed by atoms with E-state index in [0.717, 1.165) is 0 Å². The van der Waals surface area contributed by atoms with Gasteiger partial charge in [-0.2, -0.15) is 0 Å². The smallest absolute Gasteiger partial charge is 0.245 e. The van der Waals surface area contributed by atoms with Crippen LogP contribution in [0.4, 0.5) is 0 Å². The Morgan fingerprint density at radius 3 is 2.50 bits per heavy atom. The zero-order valence-electron chi connectivity index (χ0n) is 7.39. The molecular weight excluding hydrogens is 226 g/mol. The van der Waals surface area contributed by atoms with Gasteiger partial charge in [-0.05, 0) is 6.92 Å². The van der Waals surface area contributed by atoms with Crippen LogP contribution in [0.2, 0.25) is 0 Å². The lowest BCUT2D eigenvalue weighted by Crippen LogP contribution is -2.55. The number of hydrogen-bond donors (Lipinski definition) is 2. The molecule has 5 nitrogen and oxygen atoms in total. The summed E-state index contributed by atoms with van der Waals surface area (Å²) in [4.78, 5) is 26.0. The van der Waals surface area contributed by atoms with Crippen LogP contribution in [-0.4, -0.2) is 22.2 Å². The lowest BCUT2D eigenvalue weighted by Gasteiger charge is -2.16. The predicted octanol–water partition coefficient (Wildman–Crippen LogP) is -0.0497. The molecule has 0 bridgehead atoms. The third kappa shape index (κ3) is 2.28. The van der Waals surface area contributed by atoms with Gasteiger partial charge in [-0.15, -0.1) is 23.7 Å². The highest BCUT2D eigenvalue weighted by atomic mass is 35.5. The number of carbonyl (C=O) groups excluding carboxylic acids is 2. The van der Waals surface area contributed by atoms with Gasteiger partial charge in [-0.1, -0.05) is 0 Å². The van der Waals surface area contributed by atoms with E-state index in [1.807, 2.05) is 0 Å². The lowest BCUT2D eigenvalue weighted by atomic mass is 9.95. The van der Waals surface area contributed by atoms with Crippen LogP contribution in [0.3, 0.4) is 0 Å². The van der Waals surface area contributed by atoms with Gasteiger partial charge in [0.05, 0.1) is 5.51 Å². The number of hydrogen-bond acceptors (Lipinski definition) is 5. The molecule has 1 atom stereocenters. The van der Waals surface area contributed by atoms with Crippen molar-refractivity contribution in [1.82, 2.24) is 4.98 Å². The van der Waals surface area contributed by atoms with Crippen molar-refractivity contribution >= 4 is 35.4 Å². The largest absolute Gasteiger partial charge is 0.368 e. The van der Waals surface area contributed by atoms with Crippen molar-refractivity contribution in [3.05, 3.63) is 16.6 Å². The molecule has 0 saturated heterocycles. The first kappa shape index (κ1) is 13.0. The Morgan fingerprint density at radius 2 is 2.14 bits per heavy atom. The Morgan fingerprint density at radius 1 is 1.57 bits per heavy atom. The molecule has 1 amide bonds. The summed E-state index contributed by atoms with van der Waals surface area (Å²) in [6, 6.07) is 0. The van der Waals surface area contributed by atoms with Crippen molar-refractivity contribution in [2.45, 2.75) is 12.5 Å². The maximum Gasteiger partial charge on any atom is 0.245 e. The molecule has 7 heteroatoms. The quantitative estimate of drug-likeness (QED) is 0.567. The standard InChI is InChI=1S/C7H9N3O2S.ClH/c1-7(9,6(8)12)5(11)4-2-13-3-10-4;/h2-3H,9H2,1H3,(H2,8,12);1H/t7-;/m0./s1. The lowest BCUT2D eigenvalue weighted by molar-refractivity contribution is -0.121. The van der Waals surface area contributed by atoms with Crippen molar-refractivity contribution in [3.63, 3.8) is 0 Å². The maximum absolute atomic E-state index is 11.5. The van der Waals surface area contributed by atoms with Crippen LogP contribution in [0.1, 0.15) is 17.4 Å². The summed E-state index contributed by atoms with van der Waals surface area (Å²) in [5.41, 5.74) is 10.4. The van der Waals surface area contributed by atoms with Crippen LogP contribution in [0.25, 0.3) is 0 Å². The van der Waals surface area contributed by atoms with Crippen molar-refractivity contribution in [2.24, 2.45) is 11.5 Å². The van der Waals surface area contributed by atoms with E-state index >= 15 is 0 Å². The summed E-state index contributed by atoms with van der Waals surface area (Å²) in [7, 11) is 0. The van der Waals surface area contributed by atoms with Crippen LogP contribution in [0.5, 0.6) is 0 Å². The molecule has 4 N–H and O–H groups in total. The number of nitrogens with two attached hydrogens (primary N) is 2. The second-order valence-electron chi connectivity index (χ2n) is 2.77. The van der Waals surface area contributed by atoms with Crippen molar-refractivity contribution in [2.75, 3.05) is 0 Å². The molecule has 0 aromatic carbocycles. The van der Waals surface area contributed by atoms with E-state index in [-0.39, 0.29) is 18.1 Å². The molecule has 0 fully saturated rings. The number of aromatic nitrogens is 1. The van der Waals surface area contributed by atoms with E-state index in [1.54, 1.807) is 0 Å². The second-order valence-corrected chi connectivity index (χ2v) is 3.49. The second kappa shape index (κ2) is 4.50. The fourth-order valence-corrected chi connectivity index (χ4v) is 1.23. The van der Waals surface area contributed by atoms with E-state index in [1.165, 1.54) is 29.2 Å². The van der Waals surface area contributed by atoms with Gasteiger partial charge < -0.3 is 11.5 Å². The van der Waals surface area contributed by atoms with E-state index in [4.69, 9.17) is 11.5 Å². The topological polar surface area (TPSA) is 99.1 Å². The van der Waals surface area contributed by atoms with E-state index in [0.29, 0.717) is 0 Å². The molecule has 1 aromatic rings. The van der Waals surface area contributed by atoms with Crippen LogP contribution >= 0.6 is 23.7 Å². The van der Waals surface area contributed by atoms with Gasteiger partial charge in [0.2, 0.25) is 11.7 Å². The third-order valence-electron chi connectivity index (χ3n) is 1.65. The van der Waals surface area contributed by atoms with E-state index < -0.39 is 17.2 Å². The molecule has 0 aliphatic carbocycles. The van der Waals surface area contributed by atoms with Gasteiger partial charge in [0.15, 0.2) is 5.54 Å². The van der Waals surface area contributed by atoms with Crippen molar-refractivity contribution in [1.29, 1.82) is 0 Å². The Hall–Kier alpha value is -0.980. The summed E-state index contributed by atoms with van der Waals surface area (Å²) in [6.45, 7) is 1.27. The average molecular weight is 236 g/mol. The van der Waals surface area contributed by atoms with Crippen molar-refractivity contribution < 1.29 is 9.59 Å². The molecule has 0 saturated carbocycles. The maximum atomic E-state index is 11.5. The van der Waals surface area contributed by atoms with Crippen LogP contribution in [-0.2, 0) is 4.79 Å². The zero-order chi connectivity index (χ0) is 10.1. The molecular formula is C7H10ClN3O2S. The Balaban J connectivity index is 0.00000169. The summed E-state index contributed by atoms with van der Waals surface area (Å²) in [5.74, 6) is -1.41. The number of amides is 1. The summed E-state index contributed by atoms with van der Waals surface area (Å²) >= 11 is 1.26. The fourth-order valence-electron chi connectivity index (χ4n) is 0.703. The van der Waals surface area contributed by atoms with E-state index in [2.05, 4.69) is 4.98 Å². The number of primary amides is 1. The first-order chi connectivity index (χ1) is 5.96. The SMILES string of the molecule is C[C@@](N)(C(N)=O)C(=O)c1cscn1.Cl. The Labute approximate surface area is 90.9 Å². The minimum atomic E-state index is -1.67. The molecule has 1 heterocycles. The molecule has 0 radical (unpaired) electrons. The van der Waals surface area contributed by atoms with Gasteiger partial charge in [0.25, 0.3) is 0 Å². The molecule has 78 valence electrons. The molecule has 0 spiro atoms. The summed E-state index contributed by atoms with van der Waals surface area (Å²) in [5, 5.41) is 1.52. The van der Waals surface area contributed by atoms with E-state index in [9.17, 15) is 9.59 Å². The minimum absolute atomic E-state index is 0. The van der Waals surface area contributed by atoms with Gasteiger partial charge in [0, 0.05) is 5.38 Å². The van der Waals surface area contributed by atoms with Gasteiger partial charge in [-0.3, -0.25) is 9.59 Å². The number of halogens is 1. The number of ketones is 1. The minimum Gasteiger partial charge on any atom is -0.368 e. The highest BCUT2D eigenvalue weighted by Gasteiger charge is 2.36. The van der Waals surface area contributed by atoms with Gasteiger partial charge >= 0.3 is 0 Å². The average Bonchev–Trinajstić information content (AvgIpc) is 2.54. The fraction of sp³-hybridized carbons (Fsp3) is 0.286. The normalized spacial score (nSPS) is 13.9. The molecule has 0 aliphatic rings. The first-order valence-electron chi connectivity index (χ1n) is 3.48. The van der Waals surface area contributed by atoms with Crippen LogP contribution in [0.15, 0.2) is 10.9 Å². The number of thiazole rings is 1. The third-order valence-corrected chi connectivity index (χ3v) is 2.23. The molecule has 0 unspecified atom stereocenters. The first-order valence-corrected chi connectivity index (χ1v) is 4.42. The summed E-state index contributed by atoms with van der Waals surface area (Å²) < 4.78 is 0. The number of nitrogens with zero attached hydrogens (tertiary/aromatic N) is 1. The Kier molecular flexibility index (Phi) is 4.18. The molecule has 1 rings (SSSR count). The number of Topliss-reactive ketones (excluding diaryl/α,β-unsaturated/α-hetero) is 1. The highest BCUT2D eigenvalue weighted by molar-refractivity contribution is 7.07. The summed E-state index contributed by atoms with van der Waals surface area (Å²) in [6.07, 6.45) is 0. The molecule has 14 heavy (non-hydrogen) atoms. The van der Waals surface area contributed by atoms with Gasteiger partial charge in [0.1, 0.15) is 5.69 Å². The van der Waals surface area contributed by atoms with Crippen molar-refractivity contribution in [3.8, 4) is 0 Å². The van der Waals surface area contributed by atoms with Gasteiger partial charge in [-0.25, -0.2) is 4.98 Å². The predicted molar refractivity (Wildman–Crippen MR) is 55.5 cm³/mol. The monoisotopic (exact) mass is 235 g/mol.